The number of halogens is 5. The summed E-state index contributed by atoms with van der Waals surface area (Å²) >= 11 is 10.8. The van der Waals surface area contributed by atoms with Crippen LogP contribution in [0.3, 0.4) is 0 Å². The molecule has 0 aliphatic heterocycles. The van der Waals surface area contributed by atoms with E-state index in [9.17, 15) is 13.2 Å². The Labute approximate surface area is 165 Å². The molecule has 146 valence electrons. The number of rotatable bonds is 7. The molecule has 0 N–H and O–H groups in total. The van der Waals surface area contributed by atoms with Crippen LogP contribution >= 0.6 is 23.2 Å². The highest BCUT2D eigenvalue weighted by Crippen LogP contribution is 2.37. The Balaban J connectivity index is 2.28. The first-order valence-corrected chi connectivity index (χ1v) is 8.71. The van der Waals surface area contributed by atoms with Gasteiger partial charge in [-0.25, -0.2) is 4.39 Å². The molecule has 0 aliphatic carbocycles. The molecule has 2 aromatic carbocycles. The van der Waals surface area contributed by atoms with Crippen LogP contribution in [0, 0.1) is 24.4 Å². The van der Waals surface area contributed by atoms with Gasteiger partial charge in [0.25, 0.3) is 0 Å². The van der Waals surface area contributed by atoms with Gasteiger partial charge < -0.3 is 14.2 Å². The summed E-state index contributed by atoms with van der Waals surface area (Å²) in [6, 6.07) is 6.07. The zero-order chi connectivity index (χ0) is 20.1. The Hall–Kier alpha value is -2.05. The molecule has 0 atom stereocenters. The highest BCUT2D eigenvalue weighted by atomic mass is 35.5. The van der Waals surface area contributed by atoms with Gasteiger partial charge in [-0.15, -0.1) is 0 Å². The average Bonchev–Trinajstić information content (AvgIpc) is 2.60. The smallest absolute Gasteiger partial charge is 0.208 e. The van der Waals surface area contributed by atoms with E-state index in [4.69, 9.17) is 37.4 Å². The van der Waals surface area contributed by atoms with Crippen molar-refractivity contribution >= 4 is 23.2 Å². The van der Waals surface area contributed by atoms with Gasteiger partial charge in [-0.2, -0.15) is 8.78 Å². The lowest BCUT2D eigenvalue weighted by molar-refractivity contribution is 0.242. The standard InChI is InChI=1S/C19H17Cl2F3O3/c1-10(2)26-12-4-6-13(7-5-12)27-19-15(22)11(3)18(16(23)17(19)24)25-9-8-14(20)21/h4-8,10H,9H2,1-3H3. The van der Waals surface area contributed by atoms with E-state index in [2.05, 4.69) is 0 Å². The molecule has 2 aromatic rings. The molecular weight excluding hydrogens is 404 g/mol. The zero-order valence-electron chi connectivity index (χ0n) is 14.8. The minimum atomic E-state index is -1.50. The van der Waals surface area contributed by atoms with Gasteiger partial charge in [0.15, 0.2) is 11.6 Å². The number of ether oxygens (including phenoxy) is 3. The average molecular weight is 421 g/mol. The van der Waals surface area contributed by atoms with Gasteiger partial charge in [-0.1, -0.05) is 23.2 Å². The van der Waals surface area contributed by atoms with Crippen LogP contribution < -0.4 is 14.2 Å². The second kappa shape index (κ2) is 9.24. The molecule has 27 heavy (non-hydrogen) atoms. The van der Waals surface area contributed by atoms with Gasteiger partial charge in [-0.05, 0) is 51.1 Å². The van der Waals surface area contributed by atoms with Crippen molar-refractivity contribution in [2.45, 2.75) is 26.9 Å². The SMILES string of the molecule is Cc1c(F)c(Oc2ccc(OC(C)C)cc2)c(F)c(F)c1OCC=C(Cl)Cl. The first kappa shape index (κ1) is 21.3. The van der Waals surface area contributed by atoms with Crippen LogP contribution in [-0.2, 0) is 0 Å². The van der Waals surface area contributed by atoms with E-state index in [1.807, 2.05) is 13.8 Å². The molecule has 0 aromatic heterocycles. The maximum absolute atomic E-state index is 14.5. The van der Waals surface area contributed by atoms with Crippen LogP contribution in [0.4, 0.5) is 13.2 Å². The Bertz CT molecular complexity index is 804. The fourth-order valence-electron chi connectivity index (χ4n) is 2.16. The summed E-state index contributed by atoms with van der Waals surface area (Å²) in [7, 11) is 0. The second-order valence-electron chi connectivity index (χ2n) is 5.77. The van der Waals surface area contributed by atoms with Crippen LogP contribution in [0.15, 0.2) is 34.8 Å². The predicted octanol–water partition coefficient (Wildman–Crippen LogP) is 6.69. The molecule has 0 aliphatic rings. The Morgan fingerprint density at radius 2 is 1.52 bits per heavy atom. The van der Waals surface area contributed by atoms with Crippen LogP contribution in [0.1, 0.15) is 19.4 Å². The summed E-state index contributed by atoms with van der Waals surface area (Å²) in [4.78, 5) is 0. The predicted molar refractivity (Wildman–Crippen MR) is 98.6 cm³/mol. The molecule has 0 spiro atoms. The Morgan fingerprint density at radius 3 is 2.07 bits per heavy atom. The first-order valence-electron chi connectivity index (χ1n) is 7.96. The number of hydrogen-bond acceptors (Lipinski definition) is 3. The quantitative estimate of drug-likeness (QED) is 0.467. The molecular formula is C19H17Cl2F3O3. The van der Waals surface area contributed by atoms with Crippen molar-refractivity contribution < 1.29 is 27.4 Å². The lowest BCUT2D eigenvalue weighted by Gasteiger charge is -2.15. The second-order valence-corrected chi connectivity index (χ2v) is 6.78. The Morgan fingerprint density at radius 1 is 0.963 bits per heavy atom. The first-order chi connectivity index (χ1) is 12.7. The third-order valence-electron chi connectivity index (χ3n) is 3.34. The lowest BCUT2D eigenvalue weighted by Crippen LogP contribution is -2.06. The normalized spacial score (nSPS) is 10.7. The van der Waals surface area contributed by atoms with Gasteiger partial charge in [0, 0.05) is 5.56 Å². The molecule has 8 heteroatoms. The molecule has 0 fully saturated rings. The minimum absolute atomic E-state index is 0.0283. The van der Waals surface area contributed by atoms with Gasteiger partial charge in [0.1, 0.15) is 22.6 Å². The fourth-order valence-corrected chi connectivity index (χ4v) is 2.28. The molecule has 0 unspecified atom stereocenters. The lowest BCUT2D eigenvalue weighted by atomic mass is 10.1. The maximum atomic E-state index is 14.5. The van der Waals surface area contributed by atoms with Gasteiger partial charge in [0.05, 0.1) is 6.10 Å². The van der Waals surface area contributed by atoms with E-state index >= 15 is 0 Å². The van der Waals surface area contributed by atoms with E-state index in [0.29, 0.717) is 5.75 Å². The molecule has 2 rings (SSSR count). The third-order valence-corrected chi connectivity index (χ3v) is 3.65. The van der Waals surface area contributed by atoms with Gasteiger partial charge in [-0.3, -0.25) is 0 Å². The van der Waals surface area contributed by atoms with E-state index < -0.39 is 29.0 Å². The summed E-state index contributed by atoms with van der Waals surface area (Å²) in [5.41, 5.74) is -0.247. The van der Waals surface area contributed by atoms with Crippen molar-refractivity contribution in [3.05, 3.63) is 57.8 Å². The summed E-state index contributed by atoms with van der Waals surface area (Å²) in [5, 5.41) is 0. The molecule has 0 amide bonds. The van der Waals surface area contributed by atoms with E-state index in [0.717, 1.165) is 0 Å². The topological polar surface area (TPSA) is 27.7 Å². The molecule has 0 bridgehead atoms. The van der Waals surface area contributed by atoms with Crippen molar-refractivity contribution in [1.82, 2.24) is 0 Å². The van der Waals surface area contributed by atoms with Crippen molar-refractivity contribution in [3.63, 3.8) is 0 Å². The molecule has 0 saturated carbocycles. The molecule has 0 heterocycles. The van der Waals surface area contributed by atoms with Crippen LogP contribution in [0.2, 0.25) is 0 Å². The molecule has 0 saturated heterocycles. The summed E-state index contributed by atoms with van der Waals surface area (Å²) in [5.74, 6) is -4.71. The number of hydrogen-bond donors (Lipinski definition) is 0. The van der Waals surface area contributed by atoms with E-state index in [1.54, 1.807) is 12.1 Å². The molecule has 0 radical (unpaired) electrons. The van der Waals surface area contributed by atoms with E-state index in [-0.39, 0.29) is 28.5 Å². The van der Waals surface area contributed by atoms with Gasteiger partial charge >= 0.3 is 0 Å². The van der Waals surface area contributed by atoms with Crippen LogP contribution in [-0.4, -0.2) is 12.7 Å². The maximum Gasteiger partial charge on any atom is 0.208 e. The zero-order valence-corrected chi connectivity index (χ0v) is 16.3. The van der Waals surface area contributed by atoms with Crippen molar-refractivity contribution in [2.24, 2.45) is 0 Å². The minimum Gasteiger partial charge on any atom is -0.491 e. The monoisotopic (exact) mass is 420 g/mol. The van der Waals surface area contributed by atoms with Crippen molar-refractivity contribution in [3.8, 4) is 23.0 Å². The number of benzene rings is 2. The summed E-state index contributed by atoms with van der Waals surface area (Å²) in [6.07, 6.45) is 1.18. The van der Waals surface area contributed by atoms with Crippen molar-refractivity contribution in [2.75, 3.05) is 6.61 Å². The molecule has 3 nitrogen and oxygen atoms in total. The van der Waals surface area contributed by atoms with Crippen molar-refractivity contribution in [1.29, 1.82) is 0 Å². The highest BCUT2D eigenvalue weighted by molar-refractivity contribution is 6.55. The summed E-state index contributed by atoms with van der Waals surface area (Å²) < 4.78 is 58.7. The highest BCUT2D eigenvalue weighted by Gasteiger charge is 2.25. The van der Waals surface area contributed by atoms with Gasteiger partial charge in [0.2, 0.25) is 17.4 Å². The van der Waals surface area contributed by atoms with Crippen LogP contribution in [0.5, 0.6) is 23.0 Å². The van der Waals surface area contributed by atoms with E-state index in [1.165, 1.54) is 25.1 Å². The fraction of sp³-hybridized carbons (Fsp3) is 0.263. The summed E-state index contributed by atoms with van der Waals surface area (Å²) in [6.45, 7) is 4.71. The Kier molecular flexibility index (Phi) is 7.27. The third kappa shape index (κ3) is 5.47. The van der Waals surface area contributed by atoms with Crippen LogP contribution in [0.25, 0.3) is 0 Å². The largest absolute Gasteiger partial charge is 0.491 e.